The van der Waals surface area contributed by atoms with Gasteiger partial charge in [-0.1, -0.05) is 22.6 Å². The summed E-state index contributed by atoms with van der Waals surface area (Å²) >= 11 is 2.35. The number of amides is 5. The lowest BCUT2D eigenvalue weighted by Gasteiger charge is -2.39. The summed E-state index contributed by atoms with van der Waals surface area (Å²) in [5, 5.41) is 34.0. The number of nitrogens with two attached hydrogens (primary N) is 1. The first-order chi connectivity index (χ1) is 51.7. The summed E-state index contributed by atoms with van der Waals surface area (Å²) in [5.74, 6) is -3.20. The predicted octanol–water partition coefficient (Wildman–Crippen LogP) is 10.7. The number of nitrogens with one attached hydrogen (secondary N) is 1. The minimum absolute atomic E-state index is 0.00299. The van der Waals surface area contributed by atoms with Gasteiger partial charge in [0.1, 0.15) is 40.2 Å². The predicted molar refractivity (Wildman–Crippen MR) is 393 cm³/mol. The molecule has 0 radical (unpaired) electrons. The summed E-state index contributed by atoms with van der Waals surface area (Å²) in [6, 6.07) is 21.1. The maximum Gasteiger partial charge on any atom is 0.471 e. The van der Waals surface area contributed by atoms with Gasteiger partial charge in [0, 0.05) is 217 Å². The van der Waals surface area contributed by atoms with Crippen molar-refractivity contribution >= 4 is 63.9 Å². The summed E-state index contributed by atoms with van der Waals surface area (Å²) in [5.41, 5.74) is 6.15. The average molecular weight is 1630 g/mol. The Hall–Kier alpha value is -10.8. The van der Waals surface area contributed by atoms with E-state index in [-0.39, 0.29) is 95.6 Å². The highest BCUT2D eigenvalue weighted by Gasteiger charge is 2.47. The van der Waals surface area contributed by atoms with Gasteiger partial charge >= 0.3 is 24.3 Å². The molecule has 0 unspecified atom stereocenters. The molecular weight excluding hydrogens is 1550 g/mol. The number of nitrogens with zero attached hydrogens (tertiary/aromatic N) is 17. The average Bonchev–Trinajstić information content (AvgIpc) is 1.78. The number of nitro groups is 1. The highest BCUT2D eigenvalue weighted by Crippen LogP contribution is 2.31. The Balaban J connectivity index is 0.000000159. The zero-order chi connectivity index (χ0) is 78.7. The molecule has 0 atom stereocenters. The third kappa shape index (κ3) is 24.9. The van der Waals surface area contributed by atoms with E-state index in [0.29, 0.717) is 80.2 Å². The lowest BCUT2D eigenvalue weighted by Crippen LogP contribution is -2.55. The zero-order valence-corrected chi connectivity index (χ0v) is 62.9. The maximum atomic E-state index is 14.1. The highest BCUT2D eigenvalue weighted by atomic mass is 127. The van der Waals surface area contributed by atoms with Crippen LogP contribution in [0.15, 0.2) is 153 Å². The number of rotatable bonds is 16. The van der Waals surface area contributed by atoms with Crippen molar-refractivity contribution in [2.24, 2.45) is 29.6 Å². The van der Waals surface area contributed by atoms with Crippen LogP contribution in [0.2, 0.25) is 0 Å². The van der Waals surface area contributed by atoms with E-state index < -0.39 is 45.9 Å². The third-order valence-corrected chi connectivity index (χ3v) is 18.4. The topological polar surface area (TPSA) is 315 Å². The molecule has 28 nitrogen and oxygen atoms in total. The lowest BCUT2D eigenvalue weighted by molar-refractivity contribution is -0.385. The van der Waals surface area contributed by atoms with Gasteiger partial charge in [0.2, 0.25) is 11.8 Å². The van der Waals surface area contributed by atoms with E-state index in [2.05, 4.69) is 63.2 Å². The van der Waals surface area contributed by atoms with Gasteiger partial charge in [0.15, 0.2) is 0 Å². The van der Waals surface area contributed by atoms with Crippen LogP contribution in [0.25, 0.3) is 22.5 Å². The van der Waals surface area contributed by atoms with E-state index in [1.807, 2.05) is 93.8 Å². The van der Waals surface area contributed by atoms with Gasteiger partial charge in [-0.05, 0) is 114 Å². The monoisotopic (exact) mass is 1630 g/mol. The second-order valence-electron chi connectivity index (χ2n) is 28.5. The Morgan fingerprint density at radius 1 is 0.523 bits per heavy atom. The van der Waals surface area contributed by atoms with Gasteiger partial charge < -0.3 is 39.7 Å². The molecule has 0 saturated carbocycles. The number of ether oxygens (including phenoxy) is 2. The number of carbonyl (C=O) groups excluding carboxylic acids is 5. The summed E-state index contributed by atoms with van der Waals surface area (Å²) < 4.78 is 109. The fraction of sp³-hybridized carbons (Fsp3) is 0.425. The zero-order valence-electron chi connectivity index (χ0n) is 60.7. The summed E-state index contributed by atoms with van der Waals surface area (Å²) in [6.45, 7) is 20.1. The second kappa shape index (κ2) is 37.3. The molecular formula is C73H85F7IN19O9. The molecule has 0 bridgehead atoms. The minimum atomic E-state index is -4.75. The number of alkyl halides is 4. The molecule has 5 fully saturated rings. The largest absolute Gasteiger partial charge is 0.471 e. The smallest absolute Gasteiger partial charge is 0.444 e. The number of aromatic nitrogens is 12. The number of hydrogen-bond donors (Lipinski definition) is 2. The number of H-pyrrole nitrogens is 1. The van der Waals surface area contributed by atoms with Crippen molar-refractivity contribution in [3.8, 4) is 22.5 Å². The van der Waals surface area contributed by atoms with E-state index in [0.717, 1.165) is 60.7 Å². The molecule has 109 heavy (non-hydrogen) atoms. The van der Waals surface area contributed by atoms with E-state index >= 15 is 0 Å². The van der Waals surface area contributed by atoms with Crippen LogP contribution in [0, 0.1) is 63.0 Å². The Kier molecular flexibility index (Phi) is 28.2. The molecule has 14 rings (SSSR count). The normalized spacial score (nSPS) is 15.2. The molecule has 0 aliphatic carbocycles. The molecule has 5 aliphatic heterocycles. The van der Waals surface area contributed by atoms with Crippen LogP contribution in [0.5, 0.6) is 0 Å². The number of halogens is 8. The lowest BCUT2D eigenvalue weighted by atomic mass is 9.99. The third-order valence-electron chi connectivity index (χ3n) is 17.2. The van der Waals surface area contributed by atoms with Crippen molar-refractivity contribution in [1.29, 1.82) is 0 Å². The molecule has 12 heterocycles. The number of nitrogen functional groups attached to an aromatic ring is 1. The Bertz CT molecular complexity index is 4400. The first kappa shape index (κ1) is 82.2. The van der Waals surface area contributed by atoms with Crippen molar-refractivity contribution in [3.63, 3.8) is 0 Å². The molecule has 5 aliphatic rings. The van der Waals surface area contributed by atoms with Crippen LogP contribution >= 0.6 is 22.6 Å². The van der Waals surface area contributed by atoms with E-state index in [1.165, 1.54) is 30.3 Å². The van der Waals surface area contributed by atoms with Gasteiger partial charge in [0.25, 0.3) is 5.69 Å². The van der Waals surface area contributed by atoms with E-state index in [9.17, 15) is 64.8 Å². The fourth-order valence-electron chi connectivity index (χ4n) is 11.7. The fourth-order valence-corrected chi connectivity index (χ4v) is 12.2. The van der Waals surface area contributed by atoms with Gasteiger partial charge in [-0.2, -0.15) is 38.7 Å². The molecule has 5 saturated heterocycles. The number of hydrogen-bond acceptors (Lipinski definition) is 17. The summed E-state index contributed by atoms with van der Waals surface area (Å²) in [7, 11) is 0. The number of pyridine rings is 2. The SMILES string of the molecule is CC(C)(C)OC(=O)N1CC(CI)C1.CC(C)(C)OC(=O)N1CC(Cn2cccn2)C1.Nc1ccc(-c2ccc(F)cc2F)nc1CC(=O)N1CC(Cn2cccn2)C1.O=C(Cc1nc(-c2ccc(F)cc2F)ccc1[N+](=O)[O-])N1CC(Cn2cccn2)C1.O=C(N1CC(Cn2cccn2)C1)C(F)(F)F.c1cn[nH]c1. The summed E-state index contributed by atoms with van der Waals surface area (Å²) in [4.78, 5) is 85.9. The molecule has 9 aromatic rings. The minimum Gasteiger partial charge on any atom is -0.444 e. The van der Waals surface area contributed by atoms with Crippen LogP contribution in [0.4, 0.5) is 51.7 Å². The highest BCUT2D eigenvalue weighted by molar-refractivity contribution is 14.1. The van der Waals surface area contributed by atoms with Crippen LogP contribution < -0.4 is 5.73 Å². The quantitative estimate of drug-likeness (QED) is 0.0298. The number of benzene rings is 2. The van der Waals surface area contributed by atoms with Crippen LogP contribution in [-0.2, 0) is 62.9 Å². The first-order valence-electron chi connectivity index (χ1n) is 34.8. The number of likely N-dealkylation sites (tertiary alicyclic amines) is 5. The second-order valence-corrected chi connectivity index (χ2v) is 29.4. The van der Waals surface area contributed by atoms with Gasteiger partial charge in [-0.15, -0.1) is 0 Å². The number of anilines is 1. The van der Waals surface area contributed by atoms with Crippen LogP contribution in [0.3, 0.4) is 0 Å². The number of aromatic amines is 1. The number of carbonyl (C=O) groups is 5. The van der Waals surface area contributed by atoms with Crippen molar-refractivity contribution in [3.05, 3.63) is 198 Å². The van der Waals surface area contributed by atoms with Crippen LogP contribution in [-0.4, -0.2) is 206 Å². The molecule has 582 valence electrons. The van der Waals surface area contributed by atoms with Crippen molar-refractivity contribution in [2.75, 3.05) is 75.6 Å². The first-order valence-corrected chi connectivity index (χ1v) is 36.3. The maximum absolute atomic E-state index is 14.1. The molecule has 2 aromatic carbocycles. The van der Waals surface area contributed by atoms with Crippen molar-refractivity contribution in [1.82, 2.24) is 83.8 Å². The molecule has 7 aromatic heterocycles. The molecule has 0 spiro atoms. The summed E-state index contributed by atoms with van der Waals surface area (Å²) in [6.07, 6.45) is 12.3. The van der Waals surface area contributed by atoms with E-state index in [1.54, 1.807) is 90.5 Å². The molecule has 5 amide bonds. The Labute approximate surface area is 637 Å². The standard InChI is InChI=1S/C20H17F2N5O3.C20H19F2N5O.C12H19N3O2.C9H10F3N3O.C9H16INO2.C3H4N2/c21-14-2-3-15(16(22)8-14)17-4-5-19(27(29)30)18(24-17)9-20(28)25-10-13(11-25)12-26-7-1-6-23-26;21-14-2-3-15(16(22)8-14)18-5-4-17(23)19(25-18)9-20(28)26-10-13(11-26)12-27-7-1-6-24-27;1-12(2,3)17-11(16)14-7-10(8-14)9-15-6-4-5-13-15;10-9(11,12)8(16)14-4-7(5-14)6-15-3-1-2-13-15;1-9(2,3)13-8(12)11-5-7(4-10)6-11;1-2-4-5-3-1/h1-8,13H,9-12H2;1-8,13H,9-12,23H2;4-6,10H,7-9H2,1-3H3;1-3,7H,4-6H2;7H,4-6H2,1-3H3;1-3H,(H,4,5). The molecule has 36 heteroatoms. The van der Waals surface area contributed by atoms with Crippen molar-refractivity contribution < 1.29 is 69.1 Å². The van der Waals surface area contributed by atoms with Crippen molar-refractivity contribution in [2.45, 2.75) is 97.9 Å². The van der Waals surface area contributed by atoms with Gasteiger partial charge in [-0.25, -0.2) is 32.1 Å². The van der Waals surface area contributed by atoms with Gasteiger partial charge in [0.05, 0.1) is 40.5 Å². The molecule has 3 N–H and O–H groups in total. The Morgan fingerprint density at radius 3 is 1.23 bits per heavy atom. The van der Waals surface area contributed by atoms with Gasteiger partial charge in [-0.3, -0.25) is 53.3 Å². The Morgan fingerprint density at radius 2 is 0.899 bits per heavy atom. The van der Waals surface area contributed by atoms with Crippen LogP contribution in [0.1, 0.15) is 52.9 Å². The van der Waals surface area contributed by atoms with E-state index in [4.69, 9.17) is 15.2 Å².